The molecule has 0 saturated heterocycles. The lowest BCUT2D eigenvalue weighted by atomic mass is 10.0. The van der Waals surface area contributed by atoms with E-state index >= 15 is 0 Å². The number of hydrogen-bond acceptors (Lipinski definition) is 3. The molecule has 19 heavy (non-hydrogen) atoms. The van der Waals surface area contributed by atoms with Gasteiger partial charge in [-0.3, -0.25) is 4.79 Å². The fraction of sp³-hybridized carbons (Fsp3) is 0.933. The Labute approximate surface area is 118 Å². The molecule has 112 valence electrons. The Balaban J connectivity index is 2.08. The molecule has 1 saturated carbocycles. The van der Waals surface area contributed by atoms with Crippen LogP contribution < -0.4 is 10.6 Å². The Kier molecular flexibility index (Phi) is 6.80. The summed E-state index contributed by atoms with van der Waals surface area (Å²) >= 11 is 0. The Morgan fingerprint density at radius 2 is 1.95 bits per heavy atom. The zero-order valence-electron chi connectivity index (χ0n) is 13.1. The maximum absolute atomic E-state index is 11.7. The average Bonchev–Trinajstić information content (AvgIpc) is 2.87. The molecule has 4 heteroatoms. The molecule has 2 N–H and O–H groups in total. The van der Waals surface area contributed by atoms with Crippen LogP contribution in [0.1, 0.15) is 52.9 Å². The molecule has 0 bridgehead atoms. The SMILES string of the molecule is CCC(C)(C)NC(=O)CNCCN(C)C1CCCC1. The van der Waals surface area contributed by atoms with Crippen LogP contribution in [0.4, 0.5) is 0 Å². The monoisotopic (exact) mass is 269 g/mol. The van der Waals surface area contributed by atoms with Gasteiger partial charge in [0.2, 0.25) is 5.91 Å². The molecule has 1 aliphatic rings. The van der Waals surface area contributed by atoms with Crippen LogP contribution >= 0.6 is 0 Å². The summed E-state index contributed by atoms with van der Waals surface area (Å²) in [7, 11) is 2.19. The number of hydrogen-bond donors (Lipinski definition) is 2. The maximum atomic E-state index is 11.7. The first-order valence-electron chi connectivity index (χ1n) is 7.66. The second-order valence-electron chi connectivity index (χ2n) is 6.38. The summed E-state index contributed by atoms with van der Waals surface area (Å²) in [5, 5.41) is 6.27. The summed E-state index contributed by atoms with van der Waals surface area (Å²) in [5.41, 5.74) is -0.0978. The fourth-order valence-electron chi connectivity index (χ4n) is 2.49. The summed E-state index contributed by atoms with van der Waals surface area (Å²) in [6.45, 7) is 8.52. The number of amides is 1. The first-order chi connectivity index (χ1) is 8.94. The van der Waals surface area contributed by atoms with Crippen molar-refractivity contribution in [3.8, 4) is 0 Å². The lowest BCUT2D eigenvalue weighted by Gasteiger charge is -2.25. The lowest BCUT2D eigenvalue weighted by Crippen LogP contribution is -2.47. The highest BCUT2D eigenvalue weighted by Gasteiger charge is 2.19. The van der Waals surface area contributed by atoms with Gasteiger partial charge in [-0.2, -0.15) is 0 Å². The molecule has 4 nitrogen and oxygen atoms in total. The normalized spacial score (nSPS) is 17.1. The van der Waals surface area contributed by atoms with Crippen molar-refractivity contribution >= 4 is 5.91 Å². The third-order valence-electron chi connectivity index (χ3n) is 4.24. The van der Waals surface area contributed by atoms with Gasteiger partial charge in [-0.05, 0) is 40.2 Å². The van der Waals surface area contributed by atoms with Crippen molar-refractivity contribution < 1.29 is 4.79 Å². The van der Waals surface area contributed by atoms with Gasteiger partial charge in [0, 0.05) is 24.7 Å². The minimum Gasteiger partial charge on any atom is -0.350 e. The van der Waals surface area contributed by atoms with Gasteiger partial charge in [-0.25, -0.2) is 0 Å². The number of nitrogens with one attached hydrogen (secondary N) is 2. The van der Waals surface area contributed by atoms with Gasteiger partial charge < -0.3 is 15.5 Å². The van der Waals surface area contributed by atoms with Gasteiger partial charge in [0.05, 0.1) is 6.54 Å². The molecule has 0 atom stereocenters. The van der Waals surface area contributed by atoms with E-state index in [1.807, 2.05) is 0 Å². The molecule has 1 fully saturated rings. The number of carbonyl (C=O) groups excluding carboxylic acids is 1. The maximum Gasteiger partial charge on any atom is 0.234 e. The standard InChI is InChI=1S/C15H31N3O/c1-5-15(2,3)17-14(19)12-16-10-11-18(4)13-8-6-7-9-13/h13,16H,5-12H2,1-4H3,(H,17,19). The zero-order chi connectivity index (χ0) is 14.3. The van der Waals surface area contributed by atoms with E-state index in [-0.39, 0.29) is 11.4 Å². The van der Waals surface area contributed by atoms with Gasteiger partial charge in [0.15, 0.2) is 0 Å². The van der Waals surface area contributed by atoms with Gasteiger partial charge in [-0.1, -0.05) is 19.8 Å². The fourth-order valence-corrected chi connectivity index (χ4v) is 2.49. The number of rotatable bonds is 8. The van der Waals surface area contributed by atoms with Crippen molar-refractivity contribution in [3.63, 3.8) is 0 Å². The van der Waals surface area contributed by atoms with Crippen LogP contribution in [0.5, 0.6) is 0 Å². The quantitative estimate of drug-likeness (QED) is 0.660. The van der Waals surface area contributed by atoms with Crippen molar-refractivity contribution in [1.82, 2.24) is 15.5 Å². The van der Waals surface area contributed by atoms with E-state index in [0.29, 0.717) is 6.54 Å². The minimum atomic E-state index is -0.0978. The van der Waals surface area contributed by atoms with E-state index in [2.05, 4.69) is 43.4 Å². The van der Waals surface area contributed by atoms with Gasteiger partial charge >= 0.3 is 0 Å². The summed E-state index contributed by atoms with van der Waals surface area (Å²) in [5.74, 6) is 0.0929. The molecular formula is C15H31N3O. The topological polar surface area (TPSA) is 44.4 Å². The van der Waals surface area contributed by atoms with Crippen LogP contribution in [0.15, 0.2) is 0 Å². The molecule has 0 spiro atoms. The van der Waals surface area contributed by atoms with Crippen LogP contribution in [0.2, 0.25) is 0 Å². The van der Waals surface area contributed by atoms with Gasteiger partial charge in [0.1, 0.15) is 0 Å². The Hall–Kier alpha value is -0.610. The molecule has 0 unspecified atom stereocenters. The highest BCUT2D eigenvalue weighted by atomic mass is 16.2. The third-order valence-corrected chi connectivity index (χ3v) is 4.24. The molecule has 0 aliphatic heterocycles. The van der Waals surface area contributed by atoms with Crippen molar-refractivity contribution in [1.29, 1.82) is 0 Å². The van der Waals surface area contributed by atoms with Gasteiger partial charge in [0.25, 0.3) is 0 Å². The number of carbonyl (C=O) groups is 1. The van der Waals surface area contributed by atoms with Crippen molar-refractivity contribution in [2.75, 3.05) is 26.7 Å². The molecule has 1 amide bonds. The second-order valence-corrected chi connectivity index (χ2v) is 6.38. The van der Waals surface area contributed by atoms with Crippen LogP contribution in [0.3, 0.4) is 0 Å². The van der Waals surface area contributed by atoms with Crippen LogP contribution in [-0.4, -0.2) is 49.1 Å². The Morgan fingerprint density at radius 3 is 2.53 bits per heavy atom. The predicted octanol–water partition coefficient (Wildman–Crippen LogP) is 1.76. The Morgan fingerprint density at radius 1 is 1.32 bits per heavy atom. The first kappa shape index (κ1) is 16.4. The van der Waals surface area contributed by atoms with Crippen molar-refractivity contribution in [3.05, 3.63) is 0 Å². The molecule has 1 rings (SSSR count). The Bertz CT molecular complexity index is 273. The minimum absolute atomic E-state index is 0.0929. The van der Waals surface area contributed by atoms with Crippen molar-refractivity contribution in [2.24, 2.45) is 0 Å². The molecular weight excluding hydrogens is 238 g/mol. The summed E-state index contributed by atoms with van der Waals surface area (Å²) in [6.07, 6.45) is 6.36. The van der Waals surface area contributed by atoms with E-state index in [0.717, 1.165) is 25.6 Å². The van der Waals surface area contributed by atoms with E-state index in [1.165, 1.54) is 25.7 Å². The van der Waals surface area contributed by atoms with Gasteiger partial charge in [-0.15, -0.1) is 0 Å². The summed E-state index contributed by atoms with van der Waals surface area (Å²) < 4.78 is 0. The van der Waals surface area contributed by atoms with E-state index in [4.69, 9.17) is 0 Å². The predicted molar refractivity (Wildman–Crippen MR) is 80.3 cm³/mol. The summed E-state index contributed by atoms with van der Waals surface area (Å²) in [6, 6.07) is 0.759. The molecule has 0 aromatic heterocycles. The van der Waals surface area contributed by atoms with E-state index < -0.39 is 0 Å². The second kappa shape index (κ2) is 7.85. The number of nitrogens with zero attached hydrogens (tertiary/aromatic N) is 1. The van der Waals surface area contributed by atoms with E-state index in [1.54, 1.807) is 0 Å². The van der Waals surface area contributed by atoms with Crippen LogP contribution in [0, 0.1) is 0 Å². The highest BCUT2D eigenvalue weighted by Crippen LogP contribution is 2.21. The third kappa shape index (κ3) is 6.39. The summed E-state index contributed by atoms with van der Waals surface area (Å²) in [4.78, 5) is 14.2. The number of likely N-dealkylation sites (N-methyl/N-ethyl adjacent to an activating group) is 1. The molecule has 0 aromatic carbocycles. The van der Waals surface area contributed by atoms with E-state index in [9.17, 15) is 4.79 Å². The zero-order valence-corrected chi connectivity index (χ0v) is 13.1. The van der Waals surface area contributed by atoms with Crippen LogP contribution in [-0.2, 0) is 4.79 Å². The molecule has 0 aromatic rings. The average molecular weight is 269 g/mol. The molecule has 0 heterocycles. The largest absolute Gasteiger partial charge is 0.350 e. The van der Waals surface area contributed by atoms with Crippen LogP contribution in [0.25, 0.3) is 0 Å². The lowest BCUT2D eigenvalue weighted by molar-refractivity contribution is -0.121. The highest BCUT2D eigenvalue weighted by molar-refractivity contribution is 5.78. The molecule has 1 aliphatic carbocycles. The smallest absolute Gasteiger partial charge is 0.234 e. The first-order valence-corrected chi connectivity index (χ1v) is 7.66. The van der Waals surface area contributed by atoms with Crippen molar-refractivity contribution in [2.45, 2.75) is 64.5 Å². The molecule has 0 radical (unpaired) electrons.